The van der Waals surface area contributed by atoms with Gasteiger partial charge in [0, 0.05) is 16.6 Å². The molecule has 0 fully saturated rings. The molecule has 2 aromatic heterocycles. The number of nitrogens with zero attached hydrogens (tertiary/aromatic N) is 4. The number of aromatic nitrogens is 3. The second kappa shape index (κ2) is 5.97. The monoisotopic (exact) mass is 328 g/mol. The SMILES string of the molecule is Cc1nc(-c2ccc(Nc3ncnc(N)c3[N+](=O)[O-])cc2)cs1. The van der Waals surface area contributed by atoms with Crippen LogP contribution in [0.4, 0.5) is 23.0 Å². The second-order valence-electron chi connectivity index (χ2n) is 4.67. The molecule has 0 amide bonds. The van der Waals surface area contributed by atoms with Crippen molar-refractivity contribution in [2.24, 2.45) is 0 Å². The molecule has 116 valence electrons. The third kappa shape index (κ3) is 3.09. The fourth-order valence-electron chi connectivity index (χ4n) is 2.02. The highest BCUT2D eigenvalue weighted by molar-refractivity contribution is 7.09. The lowest BCUT2D eigenvalue weighted by molar-refractivity contribution is -0.383. The number of thiazole rings is 1. The summed E-state index contributed by atoms with van der Waals surface area (Å²) in [6.45, 7) is 1.95. The van der Waals surface area contributed by atoms with Crippen LogP contribution in [-0.2, 0) is 0 Å². The molecule has 3 rings (SSSR count). The maximum atomic E-state index is 11.1. The summed E-state index contributed by atoms with van der Waals surface area (Å²) in [5.41, 5.74) is 7.72. The van der Waals surface area contributed by atoms with Crippen LogP contribution in [-0.4, -0.2) is 19.9 Å². The van der Waals surface area contributed by atoms with Crippen LogP contribution in [0.1, 0.15) is 5.01 Å². The molecule has 0 saturated heterocycles. The lowest BCUT2D eigenvalue weighted by Crippen LogP contribution is -2.04. The number of hydrogen-bond donors (Lipinski definition) is 2. The average Bonchev–Trinajstić information content (AvgIpc) is 2.94. The number of nitrogen functional groups attached to an aromatic ring is 1. The van der Waals surface area contributed by atoms with Crippen LogP contribution < -0.4 is 11.1 Å². The van der Waals surface area contributed by atoms with Crippen LogP contribution in [0.25, 0.3) is 11.3 Å². The van der Waals surface area contributed by atoms with E-state index in [4.69, 9.17) is 5.73 Å². The third-order valence-electron chi connectivity index (χ3n) is 3.10. The van der Waals surface area contributed by atoms with E-state index >= 15 is 0 Å². The highest BCUT2D eigenvalue weighted by atomic mass is 32.1. The fourth-order valence-corrected chi connectivity index (χ4v) is 2.64. The van der Waals surface area contributed by atoms with Crippen LogP contribution in [0.3, 0.4) is 0 Å². The summed E-state index contributed by atoms with van der Waals surface area (Å²) in [6.07, 6.45) is 1.18. The molecule has 0 saturated carbocycles. The summed E-state index contributed by atoms with van der Waals surface area (Å²) in [5, 5.41) is 16.9. The van der Waals surface area contributed by atoms with Crippen molar-refractivity contribution >= 4 is 34.3 Å². The van der Waals surface area contributed by atoms with Crippen molar-refractivity contribution in [3.05, 3.63) is 51.1 Å². The lowest BCUT2D eigenvalue weighted by Gasteiger charge is -2.07. The second-order valence-corrected chi connectivity index (χ2v) is 5.73. The molecule has 9 heteroatoms. The van der Waals surface area contributed by atoms with Gasteiger partial charge in [-0.1, -0.05) is 12.1 Å². The predicted molar refractivity (Wildman–Crippen MR) is 88.7 cm³/mol. The summed E-state index contributed by atoms with van der Waals surface area (Å²) in [7, 11) is 0. The van der Waals surface area contributed by atoms with Gasteiger partial charge in [0.15, 0.2) is 0 Å². The third-order valence-corrected chi connectivity index (χ3v) is 3.87. The first-order valence-corrected chi connectivity index (χ1v) is 7.47. The minimum Gasteiger partial charge on any atom is -0.378 e. The Bertz CT molecular complexity index is 862. The first kappa shape index (κ1) is 14.9. The van der Waals surface area contributed by atoms with E-state index in [1.54, 1.807) is 23.5 Å². The van der Waals surface area contributed by atoms with Gasteiger partial charge in [-0.3, -0.25) is 10.1 Å². The predicted octanol–water partition coefficient (Wildman–Crippen LogP) is 3.14. The van der Waals surface area contributed by atoms with E-state index in [2.05, 4.69) is 20.3 Å². The molecule has 3 aromatic rings. The molecule has 1 aromatic carbocycles. The number of anilines is 3. The zero-order valence-corrected chi connectivity index (χ0v) is 12.9. The molecule has 8 nitrogen and oxygen atoms in total. The molecule has 23 heavy (non-hydrogen) atoms. The maximum Gasteiger partial charge on any atom is 0.353 e. The molecular weight excluding hydrogens is 316 g/mol. The highest BCUT2D eigenvalue weighted by Crippen LogP contribution is 2.30. The number of nitrogens with two attached hydrogens (primary N) is 1. The number of nitro groups is 1. The molecule has 0 aliphatic rings. The minimum atomic E-state index is -0.607. The molecule has 0 radical (unpaired) electrons. The number of nitrogens with one attached hydrogen (secondary N) is 1. The summed E-state index contributed by atoms with van der Waals surface area (Å²) in [4.78, 5) is 22.4. The topological polar surface area (TPSA) is 120 Å². The van der Waals surface area contributed by atoms with E-state index in [-0.39, 0.29) is 17.3 Å². The summed E-state index contributed by atoms with van der Waals surface area (Å²) < 4.78 is 0. The Morgan fingerprint density at radius 2 is 2.00 bits per heavy atom. The van der Waals surface area contributed by atoms with Crippen LogP contribution in [0.5, 0.6) is 0 Å². The molecule has 0 aliphatic carbocycles. The highest BCUT2D eigenvalue weighted by Gasteiger charge is 2.20. The van der Waals surface area contributed by atoms with Crippen LogP contribution >= 0.6 is 11.3 Å². The van der Waals surface area contributed by atoms with Crippen molar-refractivity contribution < 1.29 is 4.92 Å². The minimum absolute atomic E-state index is 0.0553. The van der Waals surface area contributed by atoms with Gasteiger partial charge in [-0.2, -0.15) is 0 Å². The van der Waals surface area contributed by atoms with Crippen molar-refractivity contribution in [2.75, 3.05) is 11.1 Å². The molecule has 0 unspecified atom stereocenters. The first-order chi connectivity index (χ1) is 11.0. The van der Waals surface area contributed by atoms with Gasteiger partial charge in [-0.15, -0.1) is 11.3 Å². The molecule has 3 N–H and O–H groups in total. The zero-order valence-electron chi connectivity index (χ0n) is 12.1. The number of benzene rings is 1. The molecule has 0 bridgehead atoms. The van der Waals surface area contributed by atoms with Gasteiger partial charge >= 0.3 is 5.69 Å². The van der Waals surface area contributed by atoms with Crippen molar-refractivity contribution in [3.63, 3.8) is 0 Å². The quantitative estimate of drug-likeness (QED) is 0.557. The van der Waals surface area contributed by atoms with E-state index < -0.39 is 4.92 Å². The van der Waals surface area contributed by atoms with E-state index in [1.807, 2.05) is 24.4 Å². The summed E-state index contributed by atoms with van der Waals surface area (Å²) in [5.74, 6) is -0.123. The van der Waals surface area contributed by atoms with Gasteiger partial charge in [0.05, 0.1) is 15.6 Å². The molecule has 2 heterocycles. The Morgan fingerprint density at radius 3 is 2.61 bits per heavy atom. The Kier molecular flexibility index (Phi) is 3.85. The van der Waals surface area contributed by atoms with Crippen molar-refractivity contribution in [1.29, 1.82) is 0 Å². The van der Waals surface area contributed by atoms with Gasteiger partial charge in [-0.25, -0.2) is 15.0 Å². The number of aryl methyl sites for hydroxylation is 1. The van der Waals surface area contributed by atoms with E-state index in [9.17, 15) is 10.1 Å². The zero-order chi connectivity index (χ0) is 16.4. The first-order valence-electron chi connectivity index (χ1n) is 6.59. The molecule has 0 spiro atoms. The molecular formula is C14H12N6O2S. The lowest BCUT2D eigenvalue weighted by atomic mass is 10.1. The Morgan fingerprint density at radius 1 is 1.26 bits per heavy atom. The van der Waals surface area contributed by atoms with Gasteiger partial charge in [-0.05, 0) is 19.1 Å². The van der Waals surface area contributed by atoms with E-state index in [1.165, 1.54) is 6.33 Å². The largest absolute Gasteiger partial charge is 0.378 e. The van der Waals surface area contributed by atoms with Gasteiger partial charge in [0.1, 0.15) is 6.33 Å². The van der Waals surface area contributed by atoms with Crippen molar-refractivity contribution in [1.82, 2.24) is 15.0 Å². The van der Waals surface area contributed by atoms with E-state index in [0.29, 0.717) is 5.69 Å². The Balaban J connectivity index is 1.87. The molecule has 0 aliphatic heterocycles. The van der Waals surface area contributed by atoms with Crippen LogP contribution in [0.2, 0.25) is 0 Å². The fraction of sp³-hybridized carbons (Fsp3) is 0.0714. The van der Waals surface area contributed by atoms with Gasteiger partial charge < -0.3 is 11.1 Å². The maximum absolute atomic E-state index is 11.1. The normalized spacial score (nSPS) is 10.5. The van der Waals surface area contributed by atoms with Gasteiger partial charge in [0.25, 0.3) is 0 Å². The molecule has 0 atom stereocenters. The standard InChI is InChI=1S/C14H12N6O2S/c1-8-18-11(6-23-8)9-2-4-10(5-3-9)19-14-12(20(21)22)13(15)16-7-17-14/h2-7H,1H3,(H3,15,16,17,19). The van der Waals surface area contributed by atoms with Crippen molar-refractivity contribution in [2.45, 2.75) is 6.92 Å². The van der Waals surface area contributed by atoms with Crippen LogP contribution in [0.15, 0.2) is 36.0 Å². The van der Waals surface area contributed by atoms with E-state index in [0.717, 1.165) is 16.3 Å². The summed E-state index contributed by atoms with van der Waals surface area (Å²) in [6, 6.07) is 7.36. The van der Waals surface area contributed by atoms with Crippen LogP contribution in [0, 0.1) is 17.0 Å². The Labute approximate surface area is 135 Å². The summed E-state index contributed by atoms with van der Waals surface area (Å²) >= 11 is 1.58. The number of rotatable bonds is 4. The smallest absolute Gasteiger partial charge is 0.353 e. The Hall–Kier alpha value is -3.07. The van der Waals surface area contributed by atoms with Crippen molar-refractivity contribution in [3.8, 4) is 11.3 Å². The van der Waals surface area contributed by atoms with Gasteiger partial charge in [0.2, 0.25) is 11.6 Å². The average molecular weight is 328 g/mol. The number of hydrogen-bond acceptors (Lipinski definition) is 8.